The van der Waals surface area contributed by atoms with Crippen LogP contribution in [0.3, 0.4) is 0 Å². The summed E-state index contributed by atoms with van der Waals surface area (Å²) < 4.78 is 5.83. The Hall–Kier alpha value is -1.53. The lowest BCUT2D eigenvalue weighted by molar-refractivity contribution is 0.221. The summed E-state index contributed by atoms with van der Waals surface area (Å²) in [5, 5.41) is 12.0. The van der Waals surface area contributed by atoms with Crippen LogP contribution in [0.15, 0.2) is 18.2 Å². The number of nitrogens with one attached hydrogen (secondary N) is 1. The summed E-state index contributed by atoms with van der Waals surface area (Å²) in [6, 6.07) is 7.66. The SMILES string of the molecule is Cc1cc(C#N)ccc1OC1CCNC1. The summed E-state index contributed by atoms with van der Waals surface area (Å²) >= 11 is 0. The van der Waals surface area contributed by atoms with Crippen molar-refractivity contribution in [2.24, 2.45) is 0 Å². The van der Waals surface area contributed by atoms with Gasteiger partial charge in [0, 0.05) is 6.54 Å². The summed E-state index contributed by atoms with van der Waals surface area (Å²) in [6.07, 6.45) is 1.33. The third-order valence-corrected chi connectivity index (χ3v) is 2.61. The highest BCUT2D eigenvalue weighted by atomic mass is 16.5. The number of rotatable bonds is 2. The van der Waals surface area contributed by atoms with Crippen molar-refractivity contribution in [3.05, 3.63) is 29.3 Å². The molecule has 1 atom stereocenters. The minimum atomic E-state index is 0.275. The molecule has 1 aliphatic heterocycles. The third kappa shape index (κ3) is 2.28. The molecule has 3 nitrogen and oxygen atoms in total. The van der Waals surface area contributed by atoms with Gasteiger partial charge in [-0.05, 0) is 43.7 Å². The van der Waals surface area contributed by atoms with Crippen LogP contribution < -0.4 is 10.1 Å². The standard InChI is InChI=1S/C12H14N2O/c1-9-6-10(7-13)2-3-12(9)15-11-4-5-14-8-11/h2-3,6,11,14H,4-5,8H2,1H3. The Morgan fingerprint density at radius 1 is 1.53 bits per heavy atom. The van der Waals surface area contributed by atoms with Crippen LogP contribution in [0, 0.1) is 18.3 Å². The molecular formula is C12H14N2O. The molecule has 0 radical (unpaired) electrons. The van der Waals surface area contributed by atoms with Crippen LogP contribution in [0.1, 0.15) is 17.5 Å². The van der Waals surface area contributed by atoms with Gasteiger partial charge in [-0.25, -0.2) is 0 Å². The number of benzene rings is 1. The highest BCUT2D eigenvalue weighted by Gasteiger charge is 2.16. The summed E-state index contributed by atoms with van der Waals surface area (Å²) in [4.78, 5) is 0. The molecule has 0 saturated carbocycles. The normalized spacial score (nSPS) is 19.9. The first-order chi connectivity index (χ1) is 7.29. The first-order valence-corrected chi connectivity index (χ1v) is 5.18. The minimum absolute atomic E-state index is 0.275. The summed E-state index contributed by atoms with van der Waals surface area (Å²) in [5.74, 6) is 0.891. The number of nitrogens with zero attached hydrogens (tertiary/aromatic N) is 1. The van der Waals surface area contributed by atoms with Gasteiger partial charge in [0.15, 0.2) is 0 Å². The summed E-state index contributed by atoms with van der Waals surface area (Å²) in [7, 11) is 0. The van der Waals surface area contributed by atoms with Gasteiger partial charge in [-0.15, -0.1) is 0 Å². The van der Waals surface area contributed by atoms with E-state index in [9.17, 15) is 0 Å². The molecule has 15 heavy (non-hydrogen) atoms. The molecule has 0 bridgehead atoms. The van der Waals surface area contributed by atoms with E-state index in [2.05, 4.69) is 11.4 Å². The summed E-state index contributed by atoms with van der Waals surface area (Å²) in [5.41, 5.74) is 1.71. The van der Waals surface area contributed by atoms with Gasteiger partial charge in [-0.3, -0.25) is 0 Å². The van der Waals surface area contributed by atoms with Gasteiger partial charge in [0.25, 0.3) is 0 Å². The molecular weight excluding hydrogens is 188 g/mol. The van der Waals surface area contributed by atoms with E-state index in [1.807, 2.05) is 19.1 Å². The lowest BCUT2D eigenvalue weighted by atomic mass is 10.1. The zero-order valence-electron chi connectivity index (χ0n) is 8.79. The predicted molar refractivity (Wildman–Crippen MR) is 57.8 cm³/mol. The van der Waals surface area contributed by atoms with Crippen LogP contribution in [0.4, 0.5) is 0 Å². The van der Waals surface area contributed by atoms with Gasteiger partial charge < -0.3 is 10.1 Å². The van der Waals surface area contributed by atoms with Gasteiger partial charge in [0.2, 0.25) is 0 Å². The fourth-order valence-corrected chi connectivity index (χ4v) is 1.76. The van der Waals surface area contributed by atoms with Crippen LogP contribution in [0.25, 0.3) is 0 Å². The van der Waals surface area contributed by atoms with Gasteiger partial charge >= 0.3 is 0 Å². The van der Waals surface area contributed by atoms with Gasteiger partial charge in [-0.2, -0.15) is 5.26 Å². The molecule has 78 valence electrons. The molecule has 0 spiro atoms. The molecule has 3 heteroatoms. The fraction of sp³-hybridized carbons (Fsp3) is 0.417. The van der Waals surface area contributed by atoms with Crippen molar-refractivity contribution in [2.45, 2.75) is 19.4 Å². The molecule has 1 aliphatic rings. The maximum absolute atomic E-state index is 8.74. The van der Waals surface area contributed by atoms with Crippen LogP contribution in [0.2, 0.25) is 0 Å². The smallest absolute Gasteiger partial charge is 0.122 e. The number of ether oxygens (including phenoxy) is 1. The first-order valence-electron chi connectivity index (χ1n) is 5.18. The van der Waals surface area contributed by atoms with Crippen molar-refractivity contribution in [3.8, 4) is 11.8 Å². The molecule has 0 amide bonds. The highest BCUT2D eigenvalue weighted by Crippen LogP contribution is 2.21. The van der Waals surface area contributed by atoms with Crippen LogP contribution in [0.5, 0.6) is 5.75 Å². The molecule has 1 fully saturated rings. The van der Waals surface area contributed by atoms with Crippen LogP contribution >= 0.6 is 0 Å². The van der Waals surface area contributed by atoms with E-state index in [0.29, 0.717) is 5.56 Å². The Kier molecular flexibility index (Phi) is 2.89. The Balaban J connectivity index is 2.11. The van der Waals surface area contributed by atoms with Gasteiger partial charge in [0.05, 0.1) is 11.6 Å². The van der Waals surface area contributed by atoms with Crippen molar-refractivity contribution >= 4 is 0 Å². The first kappa shape index (κ1) is 10.0. The Bertz CT molecular complexity index is 389. The number of aryl methyl sites for hydroxylation is 1. The monoisotopic (exact) mass is 202 g/mol. The maximum Gasteiger partial charge on any atom is 0.122 e. The molecule has 1 saturated heterocycles. The number of nitriles is 1. The average molecular weight is 202 g/mol. The van der Waals surface area contributed by atoms with Crippen molar-refractivity contribution < 1.29 is 4.74 Å². The lowest BCUT2D eigenvalue weighted by Gasteiger charge is -2.14. The second-order valence-corrected chi connectivity index (χ2v) is 3.82. The predicted octanol–water partition coefficient (Wildman–Crippen LogP) is 1.61. The van der Waals surface area contributed by atoms with Crippen LogP contribution in [-0.4, -0.2) is 19.2 Å². The van der Waals surface area contributed by atoms with E-state index in [1.54, 1.807) is 6.07 Å². The zero-order valence-corrected chi connectivity index (χ0v) is 8.79. The van der Waals surface area contributed by atoms with Gasteiger partial charge in [0.1, 0.15) is 11.9 Å². The molecule has 1 aromatic rings. The van der Waals surface area contributed by atoms with Crippen LogP contribution in [-0.2, 0) is 0 Å². The minimum Gasteiger partial charge on any atom is -0.489 e. The largest absolute Gasteiger partial charge is 0.489 e. The van der Waals surface area contributed by atoms with Crippen molar-refractivity contribution in [3.63, 3.8) is 0 Å². The van der Waals surface area contributed by atoms with E-state index < -0.39 is 0 Å². The second kappa shape index (κ2) is 4.33. The van der Waals surface area contributed by atoms with Gasteiger partial charge in [-0.1, -0.05) is 0 Å². The van der Waals surface area contributed by atoms with Crippen molar-refractivity contribution in [1.82, 2.24) is 5.32 Å². The van der Waals surface area contributed by atoms with E-state index >= 15 is 0 Å². The lowest BCUT2D eigenvalue weighted by Crippen LogP contribution is -2.19. The molecule has 0 aromatic heterocycles. The molecule has 2 rings (SSSR count). The van der Waals surface area contributed by atoms with E-state index in [4.69, 9.17) is 10.00 Å². The second-order valence-electron chi connectivity index (χ2n) is 3.82. The number of hydrogen-bond acceptors (Lipinski definition) is 3. The van der Waals surface area contributed by atoms with Crippen molar-refractivity contribution in [2.75, 3.05) is 13.1 Å². The summed E-state index contributed by atoms with van der Waals surface area (Å²) in [6.45, 7) is 3.91. The molecule has 0 aliphatic carbocycles. The fourth-order valence-electron chi connectivity index (χ4n) is 1.76. The number of hydrogen-bond donors (Lipinski definition) is 1. The Morgan fingerprint density at radius 2 is 2.40 bits per heavy atom. The third-order valence-electron chi connectivity index (χ3n) is 2.61. The topological polar surface area (TPSA) is 45.0 Å². The highest BCUT2D eigenvalue weighted by molar-refractivity contribution is 5.41. The zero-order chi connectivity index (χ0) is 10.7. The molecule has 1 heterocycles. The maximum atomic E-state index is 8.74. The van der Waals surface area contributed by atoms with Crippen molar-refractivity contribution in [1.29, 1.82) is 5.26 Å². The van der Waals surface area contributed by atoms with E-state index in [1.165, 1.54) is 0 Å². The van der Waals surface area contributed by atoms with E-state index in [0.717, 1.165) is 30.8 Å². The average Bonchev–Trinajstić information content (AvgIpc) is 2.74. The molecule has 1 unspecified atom stereocenters. The molecule has 1 N–H and O–H groups in total. The molecule has 1 aromatic carbocycles. The van der Waals surface area contributed by atoms with E-state index in [-0.39, 0.29) is 6.10 Å². The Morgan fingerprint density at radius 3 is 3.00 bits per heavy atom. The quantitative estimate of drug-likeness (QED) is 0.792. The Labute approximate surface area is 89.7 Å².